The summed E-state index contributed by atoms with van der Waals surface area (Å²) in [5.74, 6) is -0.847. The molecule has 25 heavy (non-hydrogen) atoms. The lowest BCUT2D eigenvalue weighted by Crippen LogP contribution is -2.53. The topological polar surface area (TPSA) is 102 Å². The van der Waals surface area contributed by atoms with E-state index in [1.54, 1.807) is 13.8 Å². The summed E-state index contributed by atoms with van der Waals surface area (Å²) in [6.45, 7) is 6.69. The molecule has 2 atom stereocenters. The van der Waals surface area contributed by atoms with E-state index in [0.29, 0.717) is 0 Å². The normalized spacial score (nSPS) is 27.0. The van der Waals surface area contributed by atoms with Crippen LogP contribution >= 0.6 is 0 Å². The van der Waals surface area contributed by atoms with Crippen LogP contribution in [0.3, 0.4) is 0 Å². The lowest BCUT2D eigenvalue weighted by Gasteiger charge is -2.34. The summed E-state index contributed by atoms with van der Waals surface area (Å²) in [5.41, 5.74) is -1.97. The minimum Gasteiger partial charge on any atom is -0.336 e. The molecule has 0 aromatic carbocycles. The highest BCUT2D eigenvalue weighted by atomic mass is 16.2. The summed E-state index contributed by atoms with van der Waals surface area (Å²) in [6, 6.07) is 1.56. The highest BCUT2D eigenvalue weighted by Crippen LogP contribution is 2.36. The number of nitrogens with one attached hydrogen (secondary N) is 2. The van der Waals surface area contributed by atoms with Gasteiger partial charge in [-0.1, -0.05) is 33.1 Å². The summed E-state index contributed by atoms with van der Waals surface area (Å²) in [5, 5.41) is 14.7. The molecule has 0 unspecified atom stereocenters. The number of imide groups is 1. The predicted molar refractivity (Wildman–Crippen MR) is 92.2 cm³/mol. The zero-order chi connectivity index (χ0) is 18.8. The Morgan fingerprint density at radius 2 is 2.00 bits per heavy atom. The summed E-state index contributed by atoms with van der Waals surface area (Å²) < 4.78 is 0. The second-order valence-electron chi connectivity index (χ2n) is 7.88. The number of nitriles is 1. The van der Waals surface area contributed by atoms with Crippen LogP contribution in [0.15, 0.2) is 0 Å². The maximum Gasteiger partial charge on any atom is 0.325 e. The van der Waals surface area contributed by atoms with E-state index in [4.69, 9.17) is 0 Å². The second kappa shape index (κ2) is 7.03. The van der Waals surface area contributed by atoms with Gasteiger partial charge in [-0.25, -0.2) is 4.79 Å². The predicted octanol–water partition coefficient (Wildman–Crippen LogP) is 1.93. The van der Waals surface area contributed by atoms with E-state index < -0.39 is 23.0 Å². The van der Waals surface area contributed by atoms with Crippen LogP contribution in [0.1, 0.15) is 59.8 Å². The molecule has 1 heterocycles. The lowest BCUT2D eigenvalue weighted by atomic mass is 9.75. The first-order valence-corrected chi connectivity index (χ1v) is 9.00. The monoisotopic (exact) mass is 348 g/mol. The van der Waals surface area contributed by atoms with Gasteiger partial charge in [0.25, 0.3) is 5.91 Å². The molecule has 4 amide bonds. The molecule has 2 aliphatic rings. The Morgan fingerprint density at radius 1 is 1.40 bits per heavy atom. The van der Waals surface area contributed by atoms with Crippen molar-refractivity contribution in [3.05, 3.63) is 0 Å². The van der Waals surface area contributed by atoms with Crippen molar-refractivity contribution >= 4 is 17.8 Å². The van der Waals surface area contributed by atoms with Gasteiger partial charge in [0.15, 0.2) is 0 Å². The summed E-state index contributed by atoms with van der Waals surface area (Å²) in [7, 11) is 0. The van der Waals surface area contributed by atoms with Crippen molar-refractivity contribution in [2.75, 3.05) is 6.54 Å². The maximum atomic E-state index is 12.8. The van der Waals surface area contributed by atoms with Gasteiger partial charge >= 0.3 is 6.03 Å². The molecule has 1 saturated heterocycles. The molecular formula is C18H28N4O3. The fourth-order valence-electron chi connectivity index (χ4n) is 3.59. The van der Waals surface area contributed by atoms with Gasteiger partial charge in [0, 0.05) is 0 Å². The average molecular weight is 348 g/mol. The first kappa shape index (κ1) is 19.2. The number of hydrogen-bond donors (Lipinski definition) is 2. The number of amides is 4. The molecule has 0 radical (unpaired) electrons. The van der Waals surface area contributed by atoms with Crippen LogP contribution in [-0.2, 0) is 9.59 Å². The Labute approximate surface area is 149 Å². The van der Waals surface area contributed by atoms with E-state index in [9.17, 15) is 19.6 Å². The SMILES string of the molecule is CC(C)[C@@](C)(C#N)NC(=O)CN1C(=O)N[C@@](C)(C2CCCCC2)C1=O. The Balaban J connectivity index is 2.08. The molecule has 7 nitrogen and oxygen atoms in total. The molecule has 0 bridgehead atoms. The smallest absolute Gasteiger partial charge is 0.325 e. The summed E-state index contributed by atoms with van der Waals surface area (Å²) in [4.78, 5) is 38.4. The van der Waals surface area contributed by atoms with Crippen molar-refractivity contribution in [3.63, 3.8) is 0 Å². The zero-order valence-electron chi connectivity index (χ0n) is 15.5. The van der Waals surface area contributed by atoms with E-state index in [1.165, 1.54) is 0 Å². The third-order valence-electron chi connectivity index (χ3n) is 5.81. The van der Waals surface area contributed by atoms with Gasteiger partial charge in [-0.05, 0) is 38.5 Å². The molecule has 7 heteroatoms. The molecule has 1 aliphatic heterocycles. The van der Waals surface area contributed by atoms with Crippen LogP contribution in [0.2, 0.25) is 0 Å². The first-order valence-electron chi connectivity index (χ1n) is 9.00. The van der Waals surface area contributed by atoms with Gasteiger partial charge in [0.2, 0.25) is 5.91 Å². The number of urea groups is 1. The average Bonchev–Trinajstić information content (AvgIpc) is 2.79. The Bertz CT molecular complexity index is 606. The maximum absolute atomic E-state index is 12.8. The van der Waals surface area contributed by atoms with Crippen LogP contribution in [-0.4, -0.2) is 40.4 Å². The van der Waals surface area contributed by atoms with Crippen LogP contribution in [0, 0.1) is 23.2 Å². The first-order chi connectivity index (χ1) is 11.6. The third kappa shape index (κ3) is 3.63. The molecular weight excluding hydrogens is 320 g/mol. The van der Waals surface area contributed by atoms with Crippen molar-refractivity contribution < 1.29 is 14.4 Å². The number of carbonyl (C=O) groups is 3. The van der Waals surface area contributed by atoms with Crippen molar-refractivity contribution in [3.8, 4) is 6.07 Å². The minimum atomic E-state index is -1.04. The molecule has 2 N–H and O–H groups in total. The molecule has 2 rings (SSSR count). The minimum absolute atomic E-state index is 0.0999. The van der Waals surface area contributed by atoms with E-state index in [-0.39, 0.29) is 24.3 Å². The zero-order valence-corrected chi connectivity index (χ0v) is 15.5. The second-order valence-corrected chi connectivity index (χ2v) is 7.88. The molecule has 1 aliphatic carbocycles. The van der Waals surface area contributed by atoms with E-state index in [0.717, 1.165) is 37.0 Å². The van der Waals surface area contributed by atoms with Gasteiger partial charge in [-0.15, -0.1) is 0 Å². The third-order valence-corrected chi connectivity index (χ3v) is 5.81. The molecule has 1 saturated carbocycles. The van der Waals surface area contributed by atoms with Crippen molar-refractivity contribution in [2.45, 2.75) is 70.9 Å². The Hall–Kier alpha value is -2.10. The van der Waals surface area contributed by atoms with Crippen LogP contribution in [0.4, 0.5) is 4.79 Å². The molecule has 2 fully saturated rings. The van der Waals surface area contributed by atoms with Crippen molar-refractivity contribution in [1.29, 1.82) is 5.26 Å². The van der Waals surface area contributed by atoms with Gasteiger partial charge in [0.1, 0.15) is 17.6 Å². The largest absolute Gasteiger partial charge is 0.336 e. The highest BCUT2D eigenvalue weighted by Gasteiger charge is 2.52. The standard InChI is InChI=1S/C18H28N4O3/c1-12(2)17(3,11-19)20-14(23)10-22-15(24)18(4,21-16(22)25)13-8-6-5-7-9-13/h12-13H,5-10H2,1-4H3,(H,20,23)(H,21,25)/t17-,18+/m1/s1. The van der Waals surface area contributed by atoms with Crippen molar-refractivity contribution in [2.24, 2.45) is 11.8 Å². The van der Waals surface area contributed by atoms with E-state index in [1.807, 2.05) is 13.8 Å². The van der Waals surface area contributed by atoms with Gasteiger partial charge in [-0.3, -0.25) is 14.5 Å². The number of nitrogens with zero attached hydrogens (tertiary/aromatic N) is 2. The Kier molecular flexibility index (Phi) is 5.40. The van der Waals surface area contributed by atoms with Crippen molar-refractivity contribution in [1.82, 2.24) is 15.5 Å². The lowest BCUT2D eigenvalue weighted by molar-refractivity contribution is -0.136. The van der Waals surface area contributed by atoms with Gasteiger partial charge in [0.05, 0.1) is 6.07 Å². The quantitative estimate of drug-likeness (QED) is 0.741. The highest BCUT2D eigenvalue weighted by molar-refractivity contribution is 6.09. The van der Waals surface area contributed by atoms with E-state index in [2.05, 4.69) is 16.7 Å². The number of carbonyl (C=O) groups excluding carboxylic acids is 3. The van der Waals surface area contributed by atoms with Crippen LogP contribution < -0.4 is 10.6 Å². The Morgan fingerprint density at radius 3 is 2.52 bits per heavy atom. The molecule has 0 aromatic heterocycles. The fraction of sp³-hybridized carbons (Fsp3) is 0.778. The van der Waals surface area contributed by atoms with Crippen LogP contribution in [0.25, 0.3) is 0 Å². The summed E-state index contributed by atoms with van der Waals surface area (Å²) >= 11 is 0. The molecule has 0 aromatic rings. The van der Waals surface area contributed by atoms with Gasteiger partial charge < -0.3 is 10.6 Å². The van der Waals surface area contributed by atoms with E-state index >= 15 is 0 Å². The molecule has 138 valence electrons. The number of hydrogen-bond acceptors (Lipinski definition) is 4. The fourth-order valence-corrected chi connectivity index (χ4v) is 3.59. The van der Waals surface area contributed by atoms with Gasteiger partial charge in [-0.2, -0.15) is 5.26 Å². The molecule has 0 spiro atoms. The summed E-state index contributed by atoms with van der Waals surface area (Å²) in [6.07, 6.45) is 5.07. The number of rotatable bonds is 5. The van der Waals surface area contributed by atoms with Crippen LogP contribution in [0.5, 0.6) is 0 Å².